The molecule has 0 bridgehead atoms. The first-order valence-corrected chi connectivity index (χ1v) is 35.4. The van der Waals surface area contributed by atoms with Gasteiger partial charge in [0.2, 0.25) is 0 Å². The van der Waals surface area contributed by atoms with Crippen LogP contribution >= 0.6 is 0 Å². The average Bonchev–Trinajstić information content (AvgIpc) is 0.893. The monoisotopic (exact) mass is 1320 g/mol. The van der Waals surface area contributed by atoms with Crippen molar-refractivity contribution < 1.29 is 51.1 Å². The van der Waals surface area contributed by atoms with Gasteiger partial charge >= 0.3 is 29.6 Å². The van der Waals surface area contributed by atoms with Crippen LogP contribution in [0.15, 0.2) is 267 Å². The maximum atomic E-state index is 12.5. The summed E-state index contributed by atoms with van der Waals surface area (Å²) >= 11 is 0. The number of allylic oxidation sites excluding steroid dienone is 4. The van der Waals surface area contributed by atoms with Crippen LogP contribution in [0.25, 0.3) is 24.3 Å². The fraction of sp³-hybridized carbons (Fsp3) is 0.352. The quantitative estimate of drug-likeness (QED) is 0.0395. The SMILES string of the molecule is CN1[C@@H](CC(=O)c2ccccc2)CCC[C@H]1CC(O)c1ccccc1.CN1[C@@H](C[C@@H](O)C2=CC=[C+]C=C2)CCC[C@H]1C[C@H](O)c1ccccc1.CN1[C@H](/C=C/c2ccccc2)CCC[C@@H]1/C=C/c1ccccc1.CN1[C@H](/C=C/c2ccccc2)CCC[C@H]1/C=C/c1ccccc1.[B].[H-].[Na+]. The number of likely N-dealkylation sites (N-methyl/N-ethyl adjacent to an activating group) is 2. The van der Waals surface area contributed by atoms with E-state index in [0.717, 1.165) is 80.1 Å². The zero-order chi connectivity index (χ0) is 67.1. The molecule has 3 N–H and O–H groups in total. The summed E-state index contributed by atoms with van der Waals surface area (Å²) in [7, 11) is 8.74. The summed E-state index contributed by atoms with van der Waals surface area (Å²) in [5.41, 5.74) is 8.83. The molecular weight excluding hydrogens is 1210 g/mol. The maximum absolute atomic E-state index is 12.5. The van der Waals surface area contributed by atoms with Crippen LogP contribution in [0.5, 0.6) is 0 Å². The molecule has 5 aliphatic rings. The van der Waals surface area contributed by atoms with E-state index in [0.29, 0.717) is 48.7 Å². The standard InChI is InChI=1S/C22H28NO2.C22H27NO2.2C22H25N.B.Na.H/c2*1-23-19(15-21(24)17-9-4-2-5-10-17)13-8-14-20(23)16-22(25)18-11-6-3-7-12-18;2*1-23-21(17-15-19-9-4-2-5-10-19)13-8-14-22(23)18-16-20-11-6-3-7-12-20;;;/h2,4-7,9-12,19-22,24-25H,8,13-16H2,1H3;2-7,9-12,19-21,24H,8,13-16H2,1H3;2*2-7,9-12,15-18,21-22H,8,13-14H2,1H3;;;/q+1;;;;;+1;-1/b;;2*17-15+,18-16+;;;/t19-,20+,21-,22+;19-,20+,21?;21-,22+;21-,22-;;;/m00.0.../s1. The van der Waals surface area contributed by atoms with E-state index in [1.165, 1.54) is 60.8 Å². The molecule has 0 spiro atoms. The zero-order valence-electron chi connectivity index (χ0n) is 59.9. The summed E-state index contributed by atoms with van der Waals surface area (Å²) in [5, 5.41) is 31.6. The number of hydrogen-bond acceptors (Lipinski definition) is 8. The van der Waals surface area contributed by atoms with E-state index < -0.39 is 18.3 Å². The van der Waals surface area contributed by atoms with Gasteiger partial charge in [0, 0.05) is 74.8 Å². The summed E-state index contributed by atoms with van der Waals surface area (Å²) < 4.78 is 0. The van der Waals surface area contributed by atoms with Gasteiger partial charge in [-0.2, -0.15) is 0 Å². The second-order valence-corrected chi connectivity index (χ2v) is 26.8. The first kappa shape index (κ1) is 78.4. The Morgan fingerprint density at radius 2 is 0.714 bits per heavy atom. The summed E-state index contributed by atoms with van der Waals surface area (Å²) in [4.78, 5) is 22.2. The average molecular weight is 1320 g/mol. The van der Waals surface area contributed by atoms with Crippen molar-refractivity contribution in [2.45, 2.75) is 169 Å². The number of benzene rings is 7. The fourth-order valence-corrected chi connectivity index (χ4v) is 14.2. The Hall–Kier alpha value is -6.92. The first-order chi connectivity index (χ1) is 46.9. The number of nitrogens with zero attached hydrogens (tertiary/aromatic N) is 4. The van der Waals surface area contributed by atoms with Crippen molar-refractivity contribution in [3.05, 3.63) is 312 Å². The van der Waals surface area contributed by atoms with Crippen LogP contribution < -0.4 is 29.6 Å². The Labute approximate surface area is 614 Å². The molecule has 0 saturated carbocycles. The molecule has 7 aromatic carbocycles. The van der Waals surface area contributed by atoms with Crippen LogP contribution in [0.2, 0.25) is 0 Å². The number of hydrogen-bond donors (Lipinski definition) is 3. The van der Waals surface area contributed by atoms with E-state index in [2.05, 4.69) is 224 Å². The van der Waals surface area contributed by atoms with E-state index in [-0.39, 0.29) is 51.2 Å². The molecule has 7 aromatic rings. The Morgan fingerprint density at radius 3 is 1.05 bits per heavy atom. The smallest absolute Gasteiger partial charge is 1.00 e. The molecule has 3 radical (unpaired) electrons. The third-order valence-corrected chi connectivity index (χ3v) is 20.3. The molecule has 8 nitrogen and oxygen atoms in total. The molecular formula is C88H106BN4NaO4+. The molecule has 4 heterocycles. The Morgan fingerprint density at radius 1 is 0.418 bits per heavy atom. The van der Waals surface area contributed by atoms with Gasteiger partial charge < -0.3 is 21.6 Å². The number of carbonyl (C=O) groups excluding carboxylic acids is 1. The summed E-state index contributed by atoms with van der Waals surface area (Å²) in [6, 6.07) is 74.9. The summed E-state index contributed by atoms with van der Waals surface area (Å²) in [5.74, 6) is 0.210. The number of aliphatic hydroxyl groups is 3. The molecule has 4 fully saturated rings. The van der Waals surface area contributed by atoms with Crippen molar-refractivity contribution in [3.8, 4) is 0 Å². The van der Waals surface area contributed by atoms with E-state index in [9.17, 15) is 20.1 Å². The molecule has 12 rings (SSSR count). The van der Waals surface area contributed by atoms with E-state index in [4.69, 9.17) is 0 Å². The largest absolute Gasteiger partial charge is 1.00 e. The summed E-state index contributed by atoms with van der Waals surface area (Å²) in [6.07, 6.45) is 44.6. The molecule has 4 aliphatic heterocycles. The van der Waals surface area contributed by atoms with Crippen molar-refractivity contribution in [2.75, 3.05) is 28.2 Å². The number of likely N-dealkylation sites (tertiary alicyclic amines) is 4. The van der Waals surface area contributed by atoms with Crippen molar-refractivity contribution in [2.24, 2.45) is 0 Å². The zero-order valence-corrected chi connectivity index (χ0v) is 60.9. The Bertz CT molecular complexity index is 3330. The van der Waals surface area contributed by atoms with Crippen molar-refractivity contribution in [1.82, 2.24) is 19.6 Å². The predicted octanol–water partition coefficient (Wildman–Crippen LogP) is 15.1. The van der Waals surface area contributed by atoms with Gasteiger partial charge in [-0.25, -0.2) is 0 Å². The number of aliphatic hydroxyl groups excluding tert-OH is 3. The van der Waals surface area contributed by atoms with Crippen LogP contribution in [0.3, 0.4) is 0 Å². The van der Waals surface area contributed by atoms with Crippen LogP contribution in [0.1, 0.15) is 160 Å². The van der Waals surface area contributed by atoms with Gasteiger partial charge in [0.25, 0.3) is 0 Å². The second-order valence-electron chi connectivity index (χ2n) is 26.8. The van der Waals surface area contributed by atoms with Gasteiger partial charge in [0.05, 0.1) is 29.9 Å². The topological polar surface area (TPSA) is 90.7 Å². The first-order valence-electron chi connectivity index (χ1n) is 35.4. The molecule has 0 amide bonds. The Kier molecular flexibility index (Phi) is 34.3. The molecule has 1 aliphatic carbocycles. The number of piperidine rings is 4. The number of ketones is 1. The van der Waals surface area contributed by atoms with Crippen LogP contribution in [-0.2, 0) is 0 Å². The van der Waals surface area contributed by atoms with E-state index in [1.54, 1.807) is 0 Å². The van der Waals surface area contributed by atoms with Crippen molar-refractivity contribution in [3.63, 3.8) is 0 Å². The van der Waals surface area contributed by atoms with Crippen LogP contribution in [0.4, 0.5) is 0 Å². The third kappa shape index (κ3) is 25.4. The van der Waals surface area contributed by atoms with Gasteiger partial charge in [-0.1, -0.05) is 274 Å². The predicted molar refractivity (Wildman–Crippen MR) is 409 cm³/mol. The number of Topliss-reactive ketones (excluding diaryl/α,β-unsaturated/α-hetero) is 1. The van der Waals surface area contributed by atoms with Crippen molar-refractivity contribution >= 4 is 38.5 Å². The minimum absolute atomic E-state index is 0. The fourth-order valence-electron chi connectivity index (χ4n) is 14.2. The minimum Gasteiger partial charge on any atom is -1.00 e. The molecule has 505 valence electrons. The normalized spacial score (nSPS) is 23.1. The van der Waals surface area contributed by atoms with Crippen molar-refractivity contribution in [1.29, 1.82) is 0 Å². The van der Waals surface area contributed by atoms with Gasteiger partial charge in [-0.05, 0) is 145 Å². The van der Waals surface area contributed by atoms with E-state index >= 15 is 0 Å². The second kappa shape index (κ2) is 42.9. The maximum Gasteiger partial charge on any atom is 1.00 e. The number of carbonyl (C=O) groups is 1. The van der Waals surface area contributed by atoms with Gasteiger partial charge in [0.15, 0.2) is 5.78 Å². The van der Waals surface area contributed by atoms with E-state index in [1.807, 2.05) is 115 Å². The molecule has 4 saturated heterocycles. The van der Waals surface area contributed by atoms with Crippen LogP contribution in [-0.4, -0.2) is 132 Å². The molecule has 10 heteroatoms. The van der Waals surface area contributed by atoms with Gasteiger partial charge in [-0.15, -0.1) is 0 Å². The molecule has 1 unspecified atom stereocenters. The number of rotatable bonds is 20. The molecule has 11 atom stereocenters. The Balaban J connectivity index is 0.000000206. The van der Waals surface area contributed by atoms with Gasteiger partial charge in [0.1, 0.15) is 18.3 Å². The van der Waals surface area contributed by atoms with Gasteiger partial charge in [-0.3, -0.25) is 19.5 Å². The third-order valence-electron chi connectivity index (χ3n) is 20.3. The molecule has 0 aromatic heterocycles. The minimum atomic E-state index is -0.447. The van der Waals surface area contributed by atoms with Crippen LogP contribution in [0, 0.1) is 6.08 Å². The summed E-state index contributed by atoms with van der Waals surface area (Å²) in [6.45, 7) is 0. The molecule has 98 heavy (non-hydrogen) atoms.